The molecule has 1 aliphatic carbocycles. The van der Waals surface area contributed by atoms with Crippen LogP contribution in [0.5, 0.6) is 0 Å². The van der Waals surface area contributed by atoms with E-state index in [0.717, 1.165) is 31.6 Å². The van der Waals surface area contributed by atoms with E-state index in [0.29, 0.717) is 5.92 Å². The van der Waals surface area contributed by atoms with Gasteiger partial charge in [0, 0.05) is 6.42 Å². The highest BCUT2D eigenvalue weighted by atomic mass is 16.4. The fourth-order valence-electron chi connectivity index (χ4n) is 2.64. The van der Waals surface area contributed by atoms with Crippen LogP contribution < -0.4 is 0 Å². The molecule has 0 aromatic heterocycles. The van der Waals surface area contributed by atoms with Crippen molar-refractivity contribution in [2.75, 3.05) is 0 Å². The average molecular weight is 226 g/mol. The van der Waals surface area contributed by atoms with Crippen LogP contribution >= 0.6 is 0 Å². The van der Waals surface area contributed by atoms with Crippen LogP contribution in [0.1, 0.15) is 52.9 Å². The highest BCUT2D eigenvalue weighted by Crippen LogP contribution is 2.43. The number of hydrogen-bond acceptors (Lipinski definition) is 2. The predicted octanol–water partition coefficient (Wildman–Crippen LogP) is 2.88. The Balaban J connectivity index is 2.50. The first-order chi connectivity index (χ1) is 7.34. The second kappa shape index (κ2) is 4.98. The zero-order chi connectivity index (χ0) is 12.3. The fraction of sp³-hybridized carbons (Fsp3) is 0.846. The van der Waals surface area contributed by atoms with Gasteiger partial charge < -0.3 is 5.11 Å². The molecule has 0 atom stereocenters. The summed E-state index contributed by atoms with van der Waals surface area (Å²) in [6.45, 7) is 6.51. The van der Waals surface area contributed by atoms with Crippen LogP contribution in [-0.4, -0.2) is 16.9 Å². The van der Waals surface area contributed by atoms with Crippen molar-refractivity contribution >= 4 is 11.8 Å². The minimum absolute atomic E-state index is 0.0825. The lowest BCUT2D eigenvalue weighted by atomic mass is 9.67. The Morgan fingerprint density at radius 1 is 1.31 bits per heavy atom. The first-order valence-electron chi connectivity index (χ1n) is 6.10. The van der Waals surface area contributed by atoms with E-state index in [1.54, 1.807) is 0 Å². The number of Topliss-reactive ketones (excluding diaryl/α,β-unsaturated/α-hetero) is 1. The number of carboxylic acids is 1. The molecule has 0 heterocycles. The van der Waals surface area contributed by atoms with Crippen molar-refractivity contribution in [2.45, 2.75) is 52.9 Å². The van der Waals surface area contributed by atoms with Crippen molar-refractivity contribution in [3.63, 3.8) is 0 Å². The van der Waals surface area contributed by atoms with Crippen LogP contribution in [0.3, 0.4) is 0 Å². The molecule has 0 radical (unpaired) electrons. The number of aliphatic carboxylic acids is 1. The Bertz CT molecular complexity index is 273. The lowest BCUT2D eigenvalue weighted by molar-refractivity contribution is -0.150. The maximum Gasteiger partial charge on any atom is 0.372 e. The van der Waals surface area contributed by atoms with E-state index in [4.69, 9.17) is 5.11 Å². The van der Waals surface area contributed by atoms with Gasteiger partial charge >= 0.3 is 5.97 Å². The topological polar surface area (TPSA) is 54.4 Å². The normalized spacial score (nSPS) is 30.4. The first kappa shape index (κ1) is 13.2. The van der Waals surface area contributed by atoms with Gasteiger partial charge in [-0.25, -0.2) is 4.79 Å². The van der Waals surface area contributed by atoms with Gasteiger partial charge in [0.1, 0.15) is 0 Å². The van der Waals surface area contributed by atoms with Crippen molar-refractivity contribution in [2.24, 2.45) is 17.3 Å². The molecule has 0 spiro atoms. The minimum atomic E-state index is -1.28. The molecule has 0 saturated heterocycles. The molecule has 0 aromatic carbocycles. The molecule has 1 saturated carbocycles. The molecule has 3 nitrogen and oxygen atoms in total. The van der Waals surface area contributed by atoms with E-state index in [-0.39, 0.29) is 11.8 Å². The summed E-state index contributed by atoms with van der Waals surface area (Å²) in [5.41, 5.74) is -0.0825. The summed E-state index contributed by atoms with van der Waals surface area (Å²) in [6.07, 6.45) is 4.42. The molecule has 92 valence electrons. The number of ketones is 1. The van der Waals surface area contributed by atoms with Gasteiger partial charge in [-0.1, -0.05) is 20.8 Å². The smallest absolute Gasteiger partial charge is 0.372 e. The SMILES string of the molecule is CC(C)C1CCC(C)(CC(=O)C(=O)O)CC1. The standard InChI is InChI=1S/C13H22O3/c1-9(2)10-4-6-13(3,7-5-10)8-11(14)12(15)16/h9-10H,4-8H2,1-3H3,(H,15,16). The zero-order valence-corrected chi connectivity index (χ0v) is 10.5. The lowest BCUT2D eigenvalue weighted by Gasteiger charge is -2.38. The number of carbonyl (C=O) groups is 2. The van der Waals surface area contributed by atoms with Gasteiger partial charge in [-0.2, -0.15) is 0 Å². The van der Waals surface area contributed by atoms with Gasteiger partial charge in [-0.15, -0.1) is 0 Å². The van der Waals surface area contributed by atoms with Gasteiger partial charge in [-0.05, 0) is 42.9 Å². The van der Waals surface area contributed by atoms with Crippen LogP contribution in [0, 0.1) is 17.3 Å². The van der Waals surface area contributed by atoms with Gasteiger partial charge in [0.05, 0.1) is 0 Å². The molecule has 3 heteroatoms. The van der Waals surface area contributed by atoms with Crippen LogP contribution in [0.4, 0.5) is 0 Å². The van der Waals surface area contributed by atoms with Crippen molar-refractivity contribution < 1.29 is 14.7 Å². The van der Waals surface area contributed by atoms with Crippen molar-refractivity contribution in [1.82, 2.24) is 0 Å². The Labute approximate surface area is 97.2 Å². The summed E-state index contributed by atoms with van der Waals surface area (Å²) in [4.78, 5) is 21.8. The minimum Gasteiger partial charge on any atom is -0.476 e. The lowest BCUT2D eigenvalue weighted by Crippen LogP contribution is -2.31. The second-order valence-corrected chi connectivity index (χ2v) is 5.80. The van der Waals surface area contributed by atoms with Crippen LogP contribution in [0.2, 0.25) is 0 Å². The Morgan fingerprint density at radius 2 is 1.81 bits per heavy atom. The molecule has 1 fully saturated rings. The van der Waals surface area contributed by atoms with Gasteiger partial charge in [0.15, 0.2) is 0 Å². The number of rotatable bonds is 4. The summed E-state index contributed by atoms with van der Waals surface area (Å²) in [7, 11) is 0. The molecular weight excluding hydrogens is 204 g/mol. The van der Waals surface area contributed by atoms with Crippen LogP contribution in [0.15, 0.2) is 0 Å². The molecule has 0 aliphatic heterocycles. The quantitative estimate of drug-likeness (QED) is 0.750. The van der Waals surface area contributed by atoms with Crippen LogP contribution in [0.25, 0.3) is 0 Å². The fourth-order valence-corrected chi connectivity index (χ4v) is 2.64. The van der Waals surface area contributed by atoms with Crippen molar-refractivity contribution in [3.05, 3.63) is 0 Å². The zero-order valence-electron chi connectivity index (χ0n) is 10.5. The molecule has 1 N–H and O–H groups in total. The number of hydrogen-bond donors (Lipinski definition) is 1. The molecule has 0 amide bonds. The highest BCUT2D eigenvalue weighted by Gasteiger charge is 2.35. The summed E-state index contributed by atoms with van der Waals surface area (Å²) in [6, 6.07) is 0. The Morgan fingerprint density at radius 3 is 2.19 bits per heavy atom. The highest BCUT2D eigenvalue weighted by molar-refractivity contribution is 6.32. The summed E-state index contributed by atoms with van der Waals surface area (Å²) >= 11 is 0. The van der Waals surface area contributed by atoms with E-state index >= 15 is 0 Å². The molecule has 0 aromatic rings. The third kappa shape index (κ3) is 3.32. The summed E-state index contributed by atoms with van der Waals surface area (Å²) in [5.74, 6) is -0.481. The molecule has 16 heavy (non-hydrogen) atoms. The molecular formula is C13H22O3. The number of carboxylic acid groups (broad SMARTS) is 1. The van der Waals surface area contributed by atoms with Gasteiger partial charge in [0.25, 0.3) is 0 Å². The maximum atomic E-state index is 11.2. The summed E-state index contributed by atoms with van der Waals surface area (Å²) < 4.78 is 0. The second-order valence-electron chi connectivity index (χ2n) is 5.80. The van der Waals surface area contributed by atoms with E-state index in [1.807, 2.05) is 6.92 Å². The molecule has 0 unspecified atom stereocenters. The third-order valence-corrected chi connectivity index (χ3v) is 4.01. The maximum absolute atomic E-state index is 11.2. The van der Waals surface area contributed by atoms with Crippen molar-refractivity contribution in [3.8, 4) is 0 Å². The molecule has 1 aliphatic rings. The van der Waals surface area contributed by atoms with Gasteiger partial charge in [0.2, 0.25) is 5.78 Å². The summed E-state index contributed by atoms with van der Waals surface area (Å²) in [5, 5.41) is 8.62. The van der Waals surface area contributed by atoms with Crippen molar-refractivity contribution in [1.29, 1.82) is 0 Å². The average Bonchev–Trinajstić information content (AvgIpc) is 2.17. The monoisotopic (exact) mass is 226 g/mol. The largest absolute Gasteiger partial charge is 0.476 e. The molecule has 0 bridgehead atoms. The Kier molecular flexibility index (Phi) is 4.11. The van der Waals surface area contributed by atoms with E-state index in [1.165, 1.54) is 0 Å². The van der Waals surface area contributed by atoms with Gasteiger partial charge in [-0.3, -0.25) is 4.79 Å². The predicted molar refractivity (Wildman–Crippen MR) is 62.2 cm³/mol. The first-order valence-corrected chi connectivity index (χ1v) is 6.10. The third-order valence-electron chi connectivity index (χ3n) is 4.01. The van der Waals surface area contributed by atoms with Crippen LogP contribution in [-0.2, 0) is 9.59 Å². The molecule has 1 rings (SSSR count). The van der Waals surface area contributed by atoms with E-state index < -0.39 is 11.8 Å². The number of carbonyl (C=O) groups excluding carboxylic acids is 1. The Hall–Kier alpha value is -0.860. The van der Waals surface area contributed by atoms with E-state index in [9.17, 15) is 9.59 Å². The van der Waals surface area contributed by atoms with E-state index in [2.05, 4.69) is 13.8 Å².